The number of nitrogens with one attached hydrogen (secondary N) is 1. The molecular weight excluding hydrogens is 356 g/mol. The molecule has 1 atom stereocenters. The number of nitrogens with zero attached hydrogens (tertiary/aromatic N) is 1. The standard InChI is InChI=1S/C22H24N2O4/c1-2-22(21(27)28,17-9-4-3-5-10-17)15-23-19(25)14-24-18-11-7-6-8-16(18)12-13-20(24)26/h3-11H,2,12-15H2,1H3,(H,23,25)(H,27,28). The van der Waals surface area contributed by atoms with Gasteiger partial charge < -0.3 is 15.3 Å². The number of aryl methyl sites for hydroxylation is 1. The fraction of sp³-hybridized carbons (Fsp3) is 0.318. The Hall–Kier alpha value is -3.15. The lowest BCUT2D eigenvalue weighted by Crippen LogP contribution is -2.49. The minimum absolute atomic E-state index is 0.0364. The molecule has 2 aromatic carbocycles. The average molecular weight is 380 g/mol. The van der Waals surface area contributed by atoms with Crippen LogP contribution in [0.1, 0.15) is 30.9 Å². The molecule has 0 saturated carbocycles. The molecule has 28 heavy (non-hydrogen) atoms. The van der Waals surface area contributed by atoms with Gasteiger partial charge in [-0.2, -0.15) is 0 Å². The van der Waals surface area contributed by atoms with Crippen molar-refractivity contribution in [1.82, 2.24) is 5.32 Å². The Morgan fingerprint density at radius 3 is 2.43 bits per heavy atom. The molecule has 1 aliphatic rings. The summed E-state index contributed by atoms with van der Waals surface area (Å²) in [6, 6.07) is 16.4. The first-order valence-electron chi connectivity index (χ1n) is 9.42. The van der Waals surface area contributed by atoms with E-state index in [-0.39, 0.29) is 24.9 Å². The maximum Gasteiger partial charge on any atom is 0.315 e. The molecule has 1 unspecified atom stereocenters. The zero-order valence-corrected chi connectivity index (χ0v) is 15.9. The van der Waals surface area contributed by atoms with Gasteiger partial charge in [-0.25, -0.2) is 0 Å². The summed E-state index contributed by atoms with van der Waals surface area (Å²) >= 11 is 0. The van der Waals surface area contributed by atoms with Crippen LogP contribution in [0.15, 0.2) is 54.6 Å². The van der Waals surface area contributed by atoms with Crippen LogP contribution in [0.5, 0.6) is 0 Å². The van der Waals surface area contributed by atoms with Gasteiger partial charge in [-0.3, -0.25) is 14.4 Å². The maximum absolute atomic E-state index is 12.6. The third-order valence-electron chi connectivity index (χ3n) is 5.42. The van der Waals surface area contributed by atoms with Crippen LogP contribution in [0.25, 0.3) is 0 Å². The number of carbonyl (C=O) groups is 3. The molecule has 0 fully saturated rings. The lowest BCUT2D eigenvalue weighted by Gasteiger charge is -2.31. The molecule has 0 spiro atoms. The molecule has 0 aromatic heterocycles. The molecule has 0 aliphatic carbocycles. The first kappa shape index (κ1) is 19.6. The Morgan fingerprint density at radius 1 is 1.07 bits per heavy atom. The van der Waals surface area contributed by atoms with Gasteiger partial charge in [0.15, 0.2) is 0 Å². The van der Waals surface area contributed by atoms with E-state index in [0.717, 1.165) is 11.3 Å². The van der Waals surface area contributed by atoms with Gasteiger partial charge >= 0.3 is 5.97 Å². The molecule has 2 amide bonds. The van der Waals surface area contributed by atoms with Crippen LogP contribution in [0.4, 0.5) is 5.69 Å². The number of hydrogen-bond acceptors (Lipinski definition) is 3. The van der Waals surface area contributed by atoms with E-state index in [0.29, 0.717) is 24.8 Å². The van der Waals surface area contributed by atoms with E-state index in [1.807, 2.05) is 30.3 Å². The van der Waals surface area contributed by atoms with Crippen LogP contribution in [-0.4, -0.2) is 36.0 Å². The third kappa shape index (κ3) is 3.76. The summed E-state index contributed by atoms with van der Waals surface area (Å²) in [5.74, 6) is -1.46. The summed E-state index contributed by atoms with van der Waals surface area (Å²) in [4.78, 5) is 38.4. The number of carboxylic acids is 1. The highest BCUT2D eigenvalue weighted by Gasteiger charge is 2.39. The number of hydrogen-bond donors (Lipinski definition) is 2. The van der Waals surface area contributed by atoms with Gasteiger partial charge in [0.25, 0.3) is 0 Å². The molecule has 2 N–H and O–H groups in total. The SMILES string of the molecule is CCC(CNC(=O)CN1C(=O)CCc2ccccc21)(C(=O)O)c1ccccc1. The number of para-hydroxylation sites is 1. The highest BCUT2D eigenvalue weighted by Crippen LogP contribution is 2.29. The molecule has 6 nitrogen and oxygen atoms in total. The van der Waals surface area contributed by atoms with Crippen LogP contribution in [0.2, 0.25) is 0 Å². The van der Waals surface area contributed by atoms with Crippen LogP contribution in [0.3, 0.4) is 0 Å². The highest BCUT2D eigenvalue weighted by atomic mass is 16.4. The van der Waals surface area contributed by atoms with Crippen molar-refractivity contribution in [1.29, 1.82) is 0 Å². The van der Waals surface area contributed by atoms with Gasteiger partial charge in [-0.15, -0.1) is 0 Å². The minimum atomic E-state index is -1.21. The fourth-order valence-corrected chi connectivity index (χ4v) is 3.66. The van der Waals surface area contributed by atoms with Crippen molar-refractivity contribution in [2.24, 2.45) is 0 Å². The Morgan fingerprint density at radius 2 is 1.75 bits per heavy atom. The van der Waals surface area contributed by atoms with Crippen molar-refractivity contribution in [2.75, 3.05) is 18.0 Å². The quantitative estimate of drug-likeness (QED) is 0.773. The normalized spacial score (nSPS) is 15.5. The molecule has 2 aromatic rings. The van der Waals surface area contributed by atoms with Gasteiger partial charge in [0.1, 0.15) is 12.0 Å². The Balaban J connectivity index is 1.74. The number of fused-ring (bicyclic) bond motifs is 1. The fourth-order valence-electron chi connectivity index (χ4n) is 3.66. The molecule has 6 heteroatoms. The number of rotatable bonds is 7. The number of amides is 2. The van der Waals surface area contributed by atoms with Gasteiger partial charge in [0.05, 0.1) is 0 Å². The number of carboxylic acid groups (broad SMARTS) is 1. The maximum atomic E-state index is 12.6. The lowest BCUT2D eigenvalue weighted by atomic mass is 9.78. The average Bonchev–Trinajstić information content (AvgIpc) is 2.71. The Labute approximate surface area is 164 Å². The van der Waals surface area contributed by atoms with Crippen molar-refractivity contribution in [3.63, 3.8) is 0 Å². The number of anilines is 1. The monoisotopic (exact) mass is 380 g/mol. The molecular formula is C22H24N2O4. The molecule has 0 radical (unpaired) electrons. The number of carbonyl (C=O) groups excluding carboxylic acids is 2. The summed E-state index contributed by atoms with van der Waals surface area (Å²) in [7, 11) is 0. The van der Waals surface area contributed by atoms with E-state index in [2.05, 4.69) is 5.32 Å². The molecule has 1 heterocycles. The summed E-state index contributed by atoms with van der Waals surface area (Å²) in [6.45, 7) is 1.63. The lowest BCUT2D eigenvalue weighted by molar-refractivity contribution is -0.144. The van der Waals surface area contributed by atoms with Gasteiger partial charge in [0, 0.05) is 18.7 Å². The zero-order chi connectivity index (χ0) is 20.1. The van der Waals surface area contributed by atoms with E-state index in [1.165, 1.54) is 4.90 Å². The first-order chi connectivity index (χ1) is 13.5. The number of aliphatic carboxylic acids is 1. The molecule has 1 aliphatic heterocycles. The van der Waals surface area contributed by atoms with Crippen LogP contribution in [0, 0.1) is 0 Å². The summed E-state index contributed by atoms with van der Waals surface area (Å²) in [6.07, 6.45) is 1.36. The predicted molar refractivity (Wildman–Crippen MR) is 106 cm³/mol. The topological polar surface area (TPSA) is 86.7 Å². The molecule has 146 valence electrons. The third-order valence-corrected chi connectivity index (χ3v) is 5.42. The second-order valence-electron chi connectivity index (χ2n) is 6.99. The summed E-state index contributed by atoms with van der Waals surface area (Å²) < 4.78 is 0. The van der Waals surface area contributed by atoms with Crippen molar-refractivity contribution in [2.45, 2.75) is 31.6 Å². The van der Waals surface area contributed by atoms with Gasteiger partial charge in [-0.05, 0) is 30.0 Å². The Bertz CT molecular complexity index is 881. The molecule has 0 saturated heterocycles. The van der Waals surface area contributed by atoms with Crippen molar-refractivity contribution in [3.05, 3.63) is 65.7 Å². The van der Waals surface area contributed by atoms with E-state index in [4.69, 9.17) is 0 Å². The van der Waals surface area contributed by atoms with Crippen molar-refractivity contribution >= 4 is 23.5 Å². The summed E-state index contributed by atoms with van der Waals surface area (Å²) in [5.41, 5.74) is 1.22. The Kier molecular flexibility index (Phi) is 5.78. The smallest absolute Gasteiger partial charge is 0.315 e. The summed E-state index contributed by atoms with van der Waals surface area (Å²) in [5, 5.41) is 12.6. The van der Waals surface area contributed by atoms with E-state index in [1.54, 1.807) is 31.2 Å². The molecule has 3 rings (SSSR count). The largest absolute Gasteiger partial charge is 0.481 e. The van der Waals surface area contributed by atoms with Crippen molar-refractivity contribution in [3.8, 4) is 0 Å². The predicted octanol–water partition coefficient (Wildman–Crippen LogP) is 2.51. The van der Waals surface area contributed by atoms with E-state index < -0.39 is 11.4 Å². The van der Waals surface area contributed by atoms with Gasteiger partial charge in [0.2, 0.25) is 11.8 Å². The second kappa shape index (κ2) is 8.25. The van der Waals surface area contributed by atoms with Crippen LogP contribution in [-0.2, 0) is 26.2 Å². The van der Waals surface area contributed by atoms with Crippen LogP contribution >= 0.6 is 0 Å². The molecule has 0 bridgehead atoms. The highest BCUT2D eigenvalue weighted by molar-refractivity contribution is 6.01. The number of benzene rings is 2. The van der Waals surface area contributed by atoms with Crippen molar-refractivity contribution < 1.29 is 19.5 Å². The van der Waals surface area contributed by atoms with E-state index >= 15 is 0 Å². The van der Waals surface area contributed by atoms with Crippen LogP contribution < -0.4 is 10.2 Å². The second-order valence-corrected chi connectivity index (χ2v) is 6.99. The first-order valence-corrected chi connectivity index (χ1v) is 9.42. The van der Waals surface area contributed by atoms with Gasteiger partial charge in [-0.1, -0.05) is 55.5 Å². The van der Waals surface area contributed by atoms with E-state index in [9.17, 15) is 19.5 Å². The minimum Gasteiger partial charge on any atom is -0.481 e. The zero-order valence-electron chi connectivity index (χ0n) is 15.9.